The number of hydrogen-bond acceptors (Lipinski definition) is 7. The van der Waals surface area contributed by atoms with E-state index in [1.807, 2.05) is 0 Å². The summed E-state index contributed by atoms with van der Waals surface area (Å²) in [5.41, 5.74) is 2.18. The number of rotatable bonds is 6. The van der Waals surface area contributed by atoms with Crippen molar-refractivity contribution in [2.75, 3.05) is 11.8 Å². The second-order valence-corrected chi connectivity index (χ2v) is 9.62. The molecule has 36 heavy (non-hydrogen) atoms. The first-order valence-corrected chi connectivity index (χ1v) is 12.1. The average molecular weight is 509 g/mol. The molecule has 182 valence electrons. The van der Waals surface area contributed by atoms with Gasteiger partial charge in [-0.1, -0.05) is 11.2 Å². The Morgan fingerprint density at radius 2 is 1.81 bits per heavy atom. The first-order chi connectivity index (χ1) is 17.2. The van der Waals surface area contributed by atoms with Crippen molar-refractivity contribution < 1.29 is 26.5 Å². The lowest BCUT2D eigenvalue weighted by molar-refractivity contribution is 0.415. The van der Waals surface area contributed by atoms with Crippen molar-refractivity contribution in [3.05, 3.63) is 84.4 Å². The van der Waals surface area contributed by atoms with Gasteiger partial charge in [-0.25, -0.2) is 27.2 Å². The highest BCUT2D eigenvalue weighted by atomic mass is 32.2. The van der Waals surface area contributed by atoms with Crippen LogP contribution < -0.4 is 9.46 Å². The first kappa shape index (κ1) is 23.4. The lowest BCUT2D eigenvalue weighted by Gasteiger charge is -2.14. The Morgan fingerprint density at radius 3 is 2.53 bits per heavy atom. The molecular formula is C25H18F2N4O4S. The maximum Gasteiger partial charge on any atom is 0.263 e. The summed E-state index contributed by atoms with van der Waals surface area (Å²) in [6.45, 7) is 1.72. The molecular weight excluding hydrogens is 490 g/mol. The van der Waals surface area contributed by atoms with E-state index in [2.05, 4.69) is 24.4 Å². The van der Waals surface area contributed by atoms with E-state index in [1.165, 1.54) is 68.2 Å². The Bertz CT molecular complexity index is 1690. The van der Waals surface area contributed by atoms with E-state index in [-0.39, 0.29) is 16.3 Å². The number of sulfonamides is 1. The largest absolute Gasteiger partial charge is 0.496 e. The summed E-state index contributed by atoms with van der Waals surface area (Å²) in [4.78, 5) is 8.43. The van der Waals surface area contributed by atoms with Crippen LogP contribution in [0.5, 0.6) is 5.75 Å². The number of aryl methyl sites for hydroxylation is 1. The number of aromatic nitrogens is 3. The molecule has 0 saturated carbocycles. The number of benzene rings is 3. The molecule has 0 bridgehead atoms. The van der Waals surface area contributed by atoms with E-state index < -0.39 is 21.7 Å². The summed E-state index contributed by atoms with van der Waals surface area (Å²) in [6.07, 6.45) is 2.49. The van der Waals surface area contributed by atoms with Gasteiger partial charge in [0.1, 0.15) is 30.0 Å². The lowest BCUT2D eigenvalue weighted by atomic mass is 9.98. The first-order valence-electron chi connectivity index (χ1n) is 10.6. The number of fused-ring (bicyclic) bond motifs is 1. The van der Waals surface area contributed by atoms with Crippen LogP contribution in [0.1, 0.15) is 5.56 Å². The molecule has 5 rings (SSSR count). The quantitative estimate of drug-likeness (QED) is 0.330. The van der Waals surface area contributed by atoms with Crippen LogP contribution in [0, 0.1) is 18.6 Å². The zero-order chi connectivity index (χ0) is 25.4. The molecule has 0 radical (unpaired) electrons. The van der Waals surface area contributed by atoms with Crippen molar-refractivity contribution in [1.29, 1.82) is 0 Å². The lowest BCUT2D eigenvalue weighted by Crippen LogP contribution is -2.13. The van der Waals surface area contributed by atoms with Crippen molar-refractivity contribution in [3.8, 4) is 28.1 Å². The van der Waals surface area contributed by atoms with Gasteiger partial charge in [-0.15, -0.1) is 0 Å². The van der Waals surface area contributed by atoms with E-state index >= 15 is 4.39 Å². The number of methoxy groups -OCH3 is 1. The van der Waals surface area contributed by atoms with Gasteiger partial charge in [0.05, 0.1) is 23.2 Å². The predicted octanol–water partition coefficient (Wildman–Crippen LogP) is 5.35. The summed E-state index contributed by atoms with van der Waals surface area (Å²) in [7, 11) is -2.53. The molecule has 0 fully saturated rings. The van der Waals surface area contributed by atoms with E-state index in [9.17, 15) is 12.8 Å². The summed E-state index contributed by atoms with van der Waals surface area (Å²) >= 11 is 0. The topological polar surface area (TPSA) is 107 Å². The van der Waals surface area contributed by atoms with Crippen LogP contribution in [-0.4, -0.2) is 30.7 Å². The molecule has 0 unspecified atom stereocenters. The highest BCUT2D eigenvalue weighted by Crippen LogP contribution is 2.38. The molecule has 0 saturated heterocycles. The molecule has 1 N–H and O–H groups in total. The summed E-state index contributed by atoms with van der Waals surface area (Å²) in [6, 6.07) is 12.7. The molecule has 3 aromatic carbocycles. The molecule has 0 spiro atoms. The second kappa shape index (κ2) is 9.00. The molecule has 2 heterocycles. The Morgan fingerprint density at radius 1 is 0.972 bits per heavy atom. The number of nitrogens with zero attached hydrogens (tertiary/aromatic N) is 3. The van der Waals surface area contributed by atoms with Crippen molar-refractivity contribution in [3.63, 3.8) is 0 Å². The number of ether oxygens (including phenoxy) is 1. The van der Waals surface area contributed by atoms with Gasteiger partial charge in [0.15, 0.2) is 5.82 Å². The highest BCUT2D eigenvalue weighted by molar-refractivity contribution is 7.92. The average Bonchev–Trinajstić information content (AvgIpc) is 3.35. The van der Waals surface area contributed by atoms with Gasteiger partial charge in [0.2, 0.25) is 0 Å². The van der Waals surface area contributed by atoms with Crippen molar-refractivity contribution >= 4 is 26.7 Å². The Kier molecular flexibility index (Phi) is 5.84. The second-order valence-electron chi connectivity index (χ2n) is 7.94. The third kappa shape index (κ3) is 4.36. The van der Waals surface area contributed by atoms with Gasteiger partial charge < -0.3 is 9.26 Å². The molecule has 0 aliphatic heterocycles. The smallest absolute Gasteiger partial charge is 0.263 e. The van der Waals surface area contributed by atoms with Crippen LogP contribution in [0.4, 0.5) is 14.6 Å². The molecule has 2 aromatic heterocycles. The van der Waals surface area contributed by atoms with Crippen LogP contribution in [0.25, 0.3) is 33.3 Å². The van der Waals surface area contributed by atoms with E-state index in [1.54, 1.807) is 13.0 Å². The number of halogens is 2. The van der Waals surface area contributed by atoms with E-state index in [0.717, 1.165) is 0 Å². The molecule has 0 aliphatic carbocycles. The van der Waals surface area contributed by atoms with E-state index in [0.29, 0.717) is 39.0 Å². The number of hydrogen-bond donors (Lipinski definition) is 1. The minimum absolute atomic E-state index is 0.0345. The van der Waals surface area contributed by atoms with Crippen LogP contribution in [0.3, 0.4) is 0 Å². The van der Waals surface area contributed by atoms with E-state index in [4.69, 9.17) is 4.74 Å². The minimum Gasteiger partial charge on any atom is -0.496 e. The van der Waals surface area contributed by atoms with Gasteiger partial charge in [0, 0.05) is 22.6 Å². The molecule has 0 atom stereocenters. The molecule has 8 nitrogen and oxygen atoms in total. The Hall–Kier alpha value is -4.38. The van der Waals surface area contributed by atoms with Crippen LogP contribution in [0.2, 0.25) is 0 Å². The van der Waals surface area contributed by atoms with Gasteiger partial charge >= 0.3 is 0 Å². The number of anilines is 1. The van der Waals surface area contributed by atoms with Crippen molar-refractivity contribution in [1.82, 2.24) is 15.1 Å². The third-order valence-corrected chi connectivity index (χ3v) is 6.84. The van der Waals surface area contributed by atoms with Gasteiger partial charge in [-0.3, -0.25) is 4.72 Å². The fraction of sp³-hybridized carbons (Fsp3) is 0.0800. The SMILES string of the molecule is COc1cc(-c2cc(C)cc(F)c2)c(F)cc1-c1ncnc2cc(S(=O)(=O)Nc3ccon3)ccc12. The number of nitrogens with one attached hydrogen (secondary N) is 1. The molecule has 5 aromatic rings. The predicted molar refractivity (Wildman–Crippen MR) is 129 cm³/mol. The molecule has 11 heteroatoms. The van der Waals surface area contributed by atoms with Crippen LogP contribution in [0.15, 0.2) is 76.6 Å². The van der Waals surface area contributed by atoms with Gasteiger partial charge in [0.25, 0.3) is 10.0 Å². The maximum absolute atomic E-state index is 15.3. The standard InChI is InChI=1S/C25H18F2N4O4S/c1-14-7-15(9-16(26)8-14)19-12-23(34-2)20(11-21(19)27)25-18-4-3-17(10-22(18)28-13-29-25)36(32,33)31-24-5-6-35-30-24/h3-13H,1-2H3,(H,30,31). The normalized spacial score (nSPS) is 11.6. The zero-order valence-electron chi connectivity index (χ0n) is 19.0. The molecule has 0 aliphatic rings. The Labute approximate surface area is 204 Å². The summed E-state index contributed by atoms with van der Waals surface area (Å²) in [5.74, 6) is -0.735. The van der Waals surface area contributed by atoms with Crippen LogP contribution in [-0.2, 0) is 10.0 Å². The molecule has 0 amide bonds. The fourth-order valence-electron chi connectivity index (χ4n) is 3.90. The minimum atomic E-state index is -3.96. The Balaban J connectivity index is 1.60. The highest BCUT2D eigenvalue weighted by Gasteiger charge is 2.20. The van der Waals surface area contributed by atoms with Crippen molar-refractivity contribution in [2.45, 2.75) is 11.8 Å². The summed E-state index contributed by atoms with van der Waals surface area (Å²) < 4.78 is 67.2. The van der Waals surface area contributed by atoms with Crippen LogP contribution >= 0.6 is 0 Å². The van der Waals surface area contributed by atoms with Gasteiger partial charge in [-0.2, -0.15) is 0 Å². The maximum atomic E-state index is 15.3. The fourth-order valence-corrected chi connectivity index (χ4v) is 4.91. The monoisotopic (exact) mass is 508 g/mol. The van der Waals surface area contributed by atoms with Gasteiger partial charge in [-0.05, 0) is 60.5 Å². The summed E-state index contributed by atoms with van der Waals surface area (Å²) in [5, 5.41) is 4.02. The van der Waals surface area contributed by atoms with Crippen molar-refractivity contribution in [2.24, 2.45) is 0 Å². The zero-order valence-corrected chi connectivity index (χ0v) is 19.8. The third-order valence-electron chi connectivity index (χ3n) is 5.49.